The first-order valence-corrected chi connectivity index (χ1v) is 12.7. The Balaban J connectivity index is 1.63. The monoisotopic (exact) mass is 540 g/mol. The average Bonchev–Trinajstić information content (AvgIpc) is 3.37. The Kier molecular flexibility index (Phi) is 8.16. The molecule has 8 nitrogen and oxygen atoms in total. The molecule has 1 aromatic heterocycles. The summed E-state index contributed by atoms with van der Waals surface area (Å²) in [5, 5.41) is 29.1. The van der Waals surface area contributed by atoms with E-state index >= 15 is 0 Å². The fraction of sp³-hybridized carbons (Fsp3) is 0.393. The number of nitriles is 1. The summed E-state index contributed by atoms with van der Waals surface area (Å²) in [7, 11) is 0. The van der Waals surface area contributed by atoms with Crippen molar-refractivity contribution in [3.63, 3.8) is 0 Å². The molecule has 2 amide bonds. The average molecular weight is 541 g/mol. The van der Waals surface area contributed by atoms with Gasteiger partial charge in [-0.15, -0.1) is 0 Å². The first kappa shape index (κ1) is 28.0. The summed E-state index contributed by atoms with van der Waals surface area (Å²) in [6.07, 6.45) is 1.99. The maximum Gasteiger partial charge on any atom is 0.389 e. The highest BCUT2D eigenvalue weighted by atomic mass is 19.4. The van der Waals surface area contributed by atoms with Gasteiger partial charge in [0, 0.05) is 43.6 Å². The number of anilines is 1. The summed E-state index contributed by atoms with van der Waals surface area (Å²) < 4.78 is 38.3. The largest absolute Gasteiger partial charge is 0.394 e. The molecular formula is C28H31F3N6O2. The molecule has 11 heteroatoms. The number of rotatable bonds is 7. The van der Waals surface area contributed by atoms with Crippen molar-refractivity contribution in [1.29, 1.82) is 5.26 Å². The number of aryl methyl sites for hydroxylation is 1. The minimum Gasteiger partial charge on any atom is -0.394 e. The minimum atomic E-state index is -4.25. The lowest BCUT2D eigenvalue weighted by atomic mass is 9.84. The third-order valence-corrected chi connectivity index (χ3v) is 6.88. The van der Waals surface area contributed by atoms with E-state index in [1.807, 2.05) is 19.1 Å². The molecule has 0 aliphatic carbocycles. The molecule has 1 saturated heterocycles. The number of hydrogen-bond donors (Lipinski definition) is 4. The number of likely N-dealkylation sites (tertiary alicyclic amines) is 1. The molecule has 4 rings (SSSR count). The van der Waals surface area contributed by atoms with E-state index in [-0.39, 0.29) is 25.7 Å². The van der Waals surface area contributed by atoms with Crippen LogP contribution in [0.2, 0.25) is 0 Å². The zero-order valence-electron chi connectivity index (χ0n) is 21.7. The molecule has 0 radical (unpaired) electrons. The molecule has 1 fully saturated rings. The molecular weight excluding hydrogens is 509 g/mol. The number of amides is 2. The highest BCUT2D eigenvalue weighted by Gasteiger charge is 2.37. The Bertz CT molecular complexity index is 1300. The van der Waals surface area contributed by atoms with Crippen LogP contribution < -0.4 is 16.0 Å². The van der Waals surface area contributed by atoms with Gasteiger partial charge in [0.05, 0.1) is 6.61 Å². The second kappa shape index (κ2) is 11.4. The fourth-order valence-corrected chi connectivity index (χ4v) is 4.88. The zero-order chi connectivity index (χ0) is 28.2. The van der Waals surface area contributed by atoms with E-state index in [2.05, 4.69) is 27.0 Å². The predicted molar refractivity (Wildman–Crippen MR) is 141 cm³/mol. The Morgan fingerprint density at radius 1 is 1.33 bits per heavy atom. The van der Waals surface area contributed by atoms with E-state index in [1.165, 1.54) is 4.90 Å². The van der Waals surface area contributed by atoms with Gasteiger partial charge in [0.25, 0.3) is 0 Å². The number of urea groups is 1. The number of alkyl halides is 3. The van der Waals surface area contributed by atoms with Gasteiger partial charge in [0.15, 0.2) is 5.54 Å². The van der Waals surface area contributed by atoms with E-state index in [1.54, 1.807) is 49.7 Å². The van der Waals surface area contributed by atoms with E-state index in [4.69, 9.17) is 0 Å². The Morgan fingerprint density at radius 3 is 2.74 bits per heavy atom. The third kappa shape index (κ3) is 6.70. The summed E-state index contributed by atoms with van der Waals surface area (Å²) in [6, 6.07) is 10.5. The van der Waals surface area contributed by atoms with Gasteiger partial charge >= 0.3 is 12.2 Å². The van der Waals surface area contributed by atoms with Crippen LogP contribution in [0.3, 0.4) is 0 Å². The summed E-state index contributed by atoms with van der Waals surface area (Å²) in [4.78, 5) is 18.3. The number of dihydropyridines is 1. The van der Waals surface area contributed by atoms with Crippen molar-refractivity contribution < 1.29 is 23.1 Å². The molecule has 2 aromatic rings. The van der Waals surface area contributed by atoms with Crippen LogP contribution >= 0.6 is 0 Å². The highest BCUT2D eigenvalue weighted by Crippen LogP contribution is 2.35. The van der Waals surface area contributed by atoms with E-state index in [0.717, 1.165) is 11.1 Å². The van der Waals surface area contributed by atoms with Crippen molar-refractivity contribution in [2.75, 3.05) is 25.0 Å². The Hall–Kier alpha value is -4.04. The lowest BCUT2D eigenvalue weighted by molar-refractivity contribution is -0.143. The normalized spacial score (nSPS) is 21.8. The number of carbonyl (C=O) groups excluding carboxylic acids is 1. The number of halogens is 3. The molecule has 2 aliphatic rings. The zero-order valence-corrected chi connectivity index (χ0v) is 21.7. The van der Waals surface area contributed by atoms with Crippen LogP contribution in [-0.2, 0) is 5.54 Å². The Morgan fingerprint density at radius 2 is 2.08 bits per heavy atom. The van der Waals surface area contributed by atoms with Crippen LogP contribution in [0.4, 0.5) is 23.7 Å². The quantitative estimate of drug-likeness (QED) is 0.414. The number of benzene rings is 1. The van der Waals surface area contributed by atoms with E-state index < -0.39 is 30.1 Å². The number of aliphatic hydroxyl groups is 1. The predicted octanol–water partition coefficient (Wildman–Crippen LogP) is 4.41. The van der Waals surface area contributed by atoms with Crippen molar-refractivity contribution in [2.24, 2.45) is 5.92 Å². The fourth-order valence-electron chi connectivity index (χ4n) is 4.88. The number of nitrogens with zero attached hydrogens (tertiary/aromatic N) is 3. The van der Waals surface area contributed by atoms with E-state index in [9.17, 15) is 28.3 Å². The molecule has 1 aromatic carbocycles. The minimum absolute atomic E-state index is 0.0539. The van der Waals surface area contributed by atoms with Crippen LogP contribution in [0.15, 0.2) is 60.7 Å². The van der Waals surface area contributed by atoms with Gasteiger partial charge in [-0.3, -0.25) is 4.98 Å². The van der Waals surface area contributed by atoms with Gasteiger partial charge in [-0.2, -0.15) is 18.4 Å². The van der Waals surface area contributed by atoms with Crippen molar-refractivity contribution in [3.8, 4) is 6.07 Å². The standard InChI is InChI=1S/C28H31F3N6O2/c1-18-3-4-23(35-26(39)37-10-7-20(15-37)13-28(29,30)31)12-24(18)21-11-25(34-19(2)16-38)36-27(14-21,17-32)22-5-8-33-9-6-22/h3-6,8-9,11-12,14,19-20,34,36,38H,7,10,13,15-16H2,1-2H3,(H,35,39)/t19-,20?,27?/m1/s1. The number of aliphatic hydroxyl groups excluding tert-OH is 1. The first-order valence-electron chi connectivity index (χ1n) is 12.7. The molecule has 39 heavy (non-hydrogen) atoms. The maximum atomic E-state index is 12.9. The maximum absolute atomic E-state index is 12.9. The molecule has 2 aliphatic heterocycles. The van der Waals surface area contributed by atoms with Crippen molar-refractivity contribution in [2.45, 2.75) is 44.4 Å². The molecule has 3 heterocycles. The van der Waals surface area contributed by atoms with Crippen LogP contribution in [0.5, 0.6) is 0 Å². The molecule has 4 N–H and O–H groups in total. The lowest BCUT2D eigenvalue weighted by Gasteiger charge is -2.33. The molecule has 0 saturated carbocycles. The number of hydrogen-bond acceptors (Lipinski definition) is 6. The van der Waals surface area contributed by atoms with Crippen molar-refractivity contribution >= 4 is 17.3 Å². The van der Waals surface area contributed by atoms with Crippen molar-refractivity contribution in [1.82, 2.24) is 20.5 Å². The third-order valence-electron chi connectivity index (χ3n) is 6.88. The molecule has 0 spiro atoms. The van der Waals surface area contributed by atoms with Gasteiger partial charge < -0.3 is 26.0 Å². The van der Waals surface area contributed by atoms with Crippen molar-refractivity contribution in [3.05, 3.63) is 77.4 Å². The van der Waals surface area contributed by atoms with E-state index in [0.29, 0.717) is 29.1 Å². The summed E-state index contributed by atoms with van der Waals surface area (Å²) in [5.74, 6) is -0.0668. The Labute approximate surface area is 225 Å². The molecule has 206 valence electrons. The first-order chi connectivity index (χ1) is 18.5. The van der Waals surface area contributed by atoms with Gasteiger partial charge in [-0.25, -0.2) is 4.79 Å². The topological polar surface area (TPSA) is 113 Å². The molecule has 0 bridgehead atoms. The molecule has 3 atom stereocenters. The number of carbonyl (C=O) groups is 1. The summed E-state index contributed by atoms with van der Waals surface area (Å²) >= 11 is 0. The van der Waals surface area contributed by atoms with Crippen LogP contribution in [-0.4, -0.2) is 52.9 Å². The van der Waals surface area contributed by atoms with Gasteiger partial charge in [-0.05, 0) is 84.9 Å². The number of nitrogens with one attached hydrogen (secondary N) is 3. The van der Waals surface area contributed by atoms with Crippen LogP contribution in [0.25, 0.3) is 5.57 Å². The summed E-state index contributed by atoms with van der Waals surface area (Å²) in [5.41, 5.74) is 2.28. The number of aromatic nitrogens is 1. The van der Waals surface area contributed by atoms with Crippen LogP contribution in [0.1, 0.15) is 36.5 Å². The second-order valence-electron chi connectivity index (χ2n) is 10.0. The van der Waals surface area contributed by atoms with Crippen LogP contribution in [0, 0.1) is 24.2 Å². The lowest BCUT2D eigenvalue weighted by Crippen LogP contribution is -2.47. The van der Waals surface area contributed by atoms with Gasteiger partial charge in [-0.1, -0.05) is 6.07 Å². The number of allylic oxidation sites excluding steroid dienone is 2. The second-order valence-corrected chi connectivity index (χ2v) is 10.0. The van der Waals surface area contributed by atoms with Gasteiger partial charge in [0.1, 0.15) is 11.9 Å². The smallest absolute Gasteiger partial charge is 0.389 e. The molecule has 2 unspecified atom stereocenters. The highest BCUT2D eigenvalue weighted by molar-refractivity contribution is 5.91. The van der Waals surface area contributed by atoms with Gasteiger partial charge in [0.2, 0.25) is 0 Å². The SMILES string of the molecule is Cc1ccc(NC(=O)N2CCC(CC(F)(F)F)C2)cc1C1=CC(C#N)(c2ccncc2)NC(N[C@H](C)CO)=C1. The number of pyridine rings is 1. The summed E-state index contributed by atoms with van der Waals surface area (Å²) in [6.45, 7) is 3.91.